The molecule has 0 spiro atoms. The third-order valence-electron chi connectivity index (χ3n) is 4.54. The molecule has 0 bridgehead atoms. The van der Waals surface area contributed by atoms with Crippen LogP contribution in [-0.4, -0.2) is 24.3 Å². The van der Waals surface area contributed by atoms with Crippen molar-refractivity contribution >= 4 is 33.2 Å². The standard InChI is InChI=1S/C10H10O2.C8H16N2.C6H5Br.C2H6/c1-7(11)9-5-3-4-6-10(9)8(2)12;1-7-3-5-8(6-4-7)10-9-2;7-6-4-2-1-3-5-6;1-2/h3-6H,1-2H3;7,9H,3-6H2,1-2H3;1-5H;1-2H3. The molecule has 1 N–H and O–H groups in total. The molecule has 3 rings (SSSR count). The van der Waals surface area contributed by atoms with Gasteiger partial charge in [-0.1, -0.05) is 79.2 Å². The van der Waals surface area contributed by atoms with Crippen LogP contribution in [0.1, 0.15) is 81.0 Å². The molecular formula is C26H37BrN2O2. The van der Waals surface area contributed by atoms with Gasteiger partial charge in [0.15, 0.2) is 11.6 Å². The summed E-state index contributed by atoms with van der Waals surface area (Å²) in [5.41, 5.74) is 5.20. The number of ketones is 2. The van der Waals surface area contributed by atoms with Crippen LogP contribution in [-0.2, 0) is 0 Å². The highest BCUT2D eigenvalue weighted by Crippen LogP contribution is 2.20. The molecule has 2 aromatic rings. The lowest BCUT2D eigenvalue weighted by Crippen LogP contribution is -2.14. The molecule has 31 heavy (non-hydrogen) atoms. The van der Waals surface area contributed by atoms with Crippen LogP contribution in [0.15, 0.2) is 64.2 Å². The first-order chi connectivity index (χ1) is 14.8. The molecule has 4 nitrogen and oxygen atoms in total. The van der Waals surface area contributed by atoms with E-state index in [0.717, 1.165) is 10.4 Å². The number of nitrogens with one attached hydrogen (secondary N) is 1. The van der Waals surface area contributed by atoms with Crippen LogP contribution >= 0.6 is 15.9 Å². The van der Waals surface area contributed by atoms with Crippen molar-refractivity contribution < 1.29 is 9.59 Å². The maximum Gasteiger partial charge on any atom is 0.160 e. The molecule has 0 aromatic heterocycles. The Morgan fingerprint density at radius 2 is 1.29 bits per heavy atom. The van der Waals surface area contributed by atoms with Crippen molar-refractivity contribution in [3.05, 3.63) is 70.2 Å². The molecule has 0 saturated heterocycles. The fourth-order valence-corrected chi connectivity index (χ4v) is 3.18. The molecule has 0 amide bonds. The lowest BCUT2D eigenvalue weighted by Gasteiger charge is -2.18. The van der Waals surface area contributed by atoms with Crippen molar-refractivity contribution in [3.63, 3.8) is 0 Å². The highest BCUT2D eigenvalue weighted by molar-refractivity contribution is 9.10. The molecule has 2 aromatic carbocycles. The molecule has 0 unspecified atom stereocenters. The van der Waals surface area contributed by atoms with Crippen molar-refractivity contribution in [3.8, 4) is 0 Å². The number of Topliss-reactive ketones (excluding diaryl/α,β-unsaturated/α-hetero) is 2. The Morgan fingerprint density at radius 1 is 0.871 bits per heavy atom. The van der Waals surface area contributed by atoms with Gasteiger partial charge in [-0.05, 0) is 57.6 Å². The average molecular weight is 489 g/mol. The van der Waals surface area contributed by atoms with Gasteiger partial charge in [-0.3, -0.25) is 9.59 Å². The summed E-state index contributed by atoms with van der Waals surface area (Å²) >= 11 is 3.31. The largest absolute Gasteiger partial charge is 0.313 e. The average Bonchev–Trinajstić information content (AvgIpc) is 2.78. The van der Waals surface area contributed by atoms with Gasteiger partial charge in [0.25, 0.3) is 0 Å². The number of carbonyl (C=O) groups excluding carboxylic acids is 2. The Bertz CT molecular complexity index is 761. The number of benzene rings is 2. The predicted octanol–water partition coefficient (Wildman–Crippen LogP) is 7.34. The van der Waals surface area contributed by atoms with Crippen molar-refractivity contribution in [1.29, 1.82) is 0 Å². The van der Waals surface area contributed by atoms with E-state index in [-0.39, 0.29) is 11.6 Å². The second-order valence-corrected chi connectivity index (χ2v) is 7.95. The van der Waals surface area contributed by atoms with Crippen LogP contribution in [0.5, 0.6) is 0 Å². The Hall–Kier alpha value is -2.27. The van der Waals surface area contributed by atoms with Crippen molar-refractivity contribution in [1.82, 2.24) is 5.43 Å². The second kappa shape index (κ2) is 17.4. The molecule has 0 aliphatic heterocycles. The number of carbonyl (C=O) groups is 2. The molecule has 0 radical (unpaired) electrons. The predicted molar refractivity (Wildman–Crippen MR) is 136 cm³/mol. The van der Waals surface area contributed by atoms with Crippen LogP contribution < -0.4 is 5.43 Å². The number of hydrogen-bond acceptors (Lipinski definition) is 4. The van der Waals surface area contributed by atoms with E-state index < -0.39 is 0 Å². The van der Waals surface area contributed by atoms with Gasteiger partial charge in [0.05, 0.1) is 0 Å². The quantitative estimate of drug-likeness (QED) is 0.363. The normalized spacial score (nSPS) is 14.3. The van der Waals surface area contributed by atoms with Crippen LogP contribution in [0.2, 0.25) is 0 Å². The number of rotatable bonds is 3. The fraction of sp³-hybridized carbons (Fsp3) is 0.423. The molecule has 0 atom stereocenters. The fourth-order valence-electron chi connectivity index (χ4n) is 2.88. The maximum atomic E-state index is 11.0. The molecule has 5 heteroatoms. The van der Waals surface area contributed by atoms with Gasteiger partial charge in [0, 0.05) is 28.4 Å². The smallest absolute Gasteiger partial charge is 0.160 e. The monoisotopic (exact) mass is 488 g/mol. The summed E-state index contributed by atoms with van der Waals surface area (Å²) in [6, 6.07) is 16.8. The van der Waals surface area contributed by atoms with Crippen LogP contribution in [0.25, 0.3) is 0 Å². The van der Waals surface area contributed by atoms with E-state index in [1.54, 1.807) is 24.3 Å². The van der Waals surface area contributed by atoms with Gasteiger partial charge < -0.3 is 5.43 Å². The molecule has 170 valence electrons. The molecule has 1 saturated carbocycles. The minimum atomic E-state index is -0.0687. The summed E-state index contributed by atoms with van der Waals surface area (Å²) in [4.78, 5) is 22.0. The van der Waals surface area contributed by atoms with E-state index in [2.05, 4.69) is 33.4 Å². The second-order valence-electron chi connectivity index (χ2n) is 7.04. The van der Waals surface area contributed by atoms with E-state index in [1.165, 1.54) is 45.2 Å². The van der Waals surface area contributed by atoms with Crippen LogP contribution in [0, 0.1) is 5.92 Å². The van der Waals surface area contributed by atoms with Crippen LogP contribution in [0.4, 0.5) is 0 Å². The van der Waals surface area contributed by atoms with E-state index in [4.69, 9.17) is 0 Å². The van der Waals surface area contributed by atoms with Gasteiger partial charge >= 0.3 is 0 Å². The minimum Gasteiger partial charge on any atom is -0.313 e. The van der Waals surface area contributed by atoms with E-state index in [9.17, 15) is 9.59 Å². The van der Waals surface area contributed by atoms with Crippen molar-refractivity contribution in [2.45, 2.75) is 60.3 Å². The van der Waals surface area contributed by atoms with E-state index in [1.807, 2.05) is 51.2 Å². The molecule has 1 aliphatic carbocycles. The zero-order valence-electron chi connectivity index (χ0n) is 19.7. The van der Waals surface area contributed by atoms with Crippen molar-refractivity contribution in [2.24, 2.45) is 11.0 Å². The molecule has 0 heterocycles. The van der Waals surface area contributed by atoms with Gasteiger partial charge in [0.2, 0.25) is 0 Å². The SMILES string of the molecule is Brc1ccccc1.CC.CC(=O)c1ccccc1C(C)=O.CNN=C1CCC(C)CC1. The lowest BCUT2D eigenvalue weighted by molar-refractivity contribution is 0.0981. The summed E-state index contributed by atoms with van der Waals surface area (Å²) in [5, 5.41) is 4.18. The van der Waals surface area contributed by atoms with Crippen LogP contribution in [0.3, 0.4) is 0 Å². The first-order valence-corrected chi connectivity index (χ1v) is 11.7. The highest BCUT2D eigenvalue weighted by Gasteiger charge is 2.12. The van der Waals surface area contributed by atoms with Gasteiger partial charge in [-0.2, -0.15) is 5.10 Å². The number of nitrogens with zero attached hydrogens (tertiary/aromatic N) is 1. The zero-order chi connectivity index (χ0) is 23.6. The lowest BCUT2D eigenvalue weighted by atomic mass is 9.90. The summed E-state index contributed by atoms with van der Waals surface area (Å²) in [6.45, 7) is 9.24. The molecule has 1 aliphatic rings. The van der Waals surface area contributed by atoms with Gasteiger partial charge in [-0.25, -0.2) is 0 Å². The number of halogens is 1. The Balaban J connectivity index is 0.000000430. The third-order valence-corrected chi connectivity index (χ3v) is 5.07. The number of hydrazone groups is 1. The minimum absolute atomic E-state index is 0.0687. The first kappa shape index (κ1) is 28.7. The Morgan fingerprint density at radius 3 is 1.61 bits per heavy atom. The Labute approximate surface area is 196 Å². The van der Waals surface area contributed by atoms with Gasteiger partial charge in [-0.15, -0.1) is 0 Å². The number of hydrogen-bond donors (Lipinski definition) is 1. The summed E-state index contributed by atoms with van der Waals surface area (Å²) in [7, 11) is 1.87. The third kappa shape index (κ3) is 12.9. The van der Waals surface area contributed by atoms with Gasteiger partial charge in [0.1, 0.15) is 0 Å². The maximum absolute atomic E-state index is 11.0. The summed E-state index contributed by atoms with van der Waals surface area (Å²) in [5.74, 6) is 0.775. The molecular weight excluding hydrogens is 452 g/mol. The van der Waals surface area contributed by atoms with E-state index >= 15 is 0 Å². The zero-order valence-corrected chi connectivity index (χ0v) is 21.3. The highest BCUT2D eigenvalue weighted by atomic mass is 79.9. The molecule has 1 fully saturated rings. The summed E-state index contributed by atoms with van der Waals surface area (Å²) < 4.78 is 1.13. The van der Waals surface area contributed by atoms with E-state index in [0.29, 0.717) is 11.1 Å². The first-order valence-electron chi connectivity index (χ1n) is 10.9. The summed E-state index contributed by atoms with van der Waals surface area (Å²) in [6.07, 6.45) is 5.03. The Kier molecular flexibility index (Phi) is 16.1. The topological polar surface area (TPSA) is 58.5 Å². The van der Waals surface area contributed by atoms with Crippen molar-refractivity contribution in [2.75, 3.05) is 7.05 Å².